The molecule has 0 unspecified atom stereocenters. The maximum atomic E-state index is 11.8. The molecule has 1 aliphatic carbocycles. The van der Waals surface area contributed by atoms with Gasteiger partial charge in [-0.05, 0) is 60.7 Å². The second-order valence-corrected chi connectivity index (χ2v) is 7.92. The lowest BCUT2D eigenvalue weighted by molar-refractivity contribution is 0.101. The minimum absolute atomic E-state index is 0.104. The van der Waals surface area contributed by atoms with Crippen molar-refractivity contribution in [2.24, 2.45) is 5.92 Å². The Bertz CT molecular complexity index is 953. The van der Waals surface area contributed by atoms with Gasteiger partial charge in [-0.25, -0.2) is 0 Å². The molecule has 0 bridgehead atoms. The first kappa shape index (κ1) is 15.9. The smallest absolute Gasteiger partial charge is 0.231 e. The first-order valence-electron chi connectivity index (χ1n) is 8.79. The number of nitrogens with one attached hydrogen (secondary N) is 1. The molecule has 26 heavy (non-hydrogen) atoms. The Morgan fingerprint density at radius 2 is 1.96 bits per heavy atom. The Hall–Kier alpha value is -2.27. The summed E-state index contributed by atoms with van der Waals surface area (Å²) in [4.78, 5) is 11.8. The van der Waals surface area contributed by atoms with Crippen molar-refractivity contribution in [1.82, 2.24) is 0 Å². The zero-order chi connectivity index (χ0) is 17.8. The van der Waals surface area contributed by atoms with Gasteiger partial charge >= 0.3 is 0 Å². The monoisotopic (exact) mass is 411 g/mol. The second kappa shape index (κ2) is 5.88. The van der Waals surface area contributed by atoms with Crippen LogP contribution in [-0.4, -0.2) is 12.6 Å². The van der Waals surface area contributed by atoms with Crippen LogP contribution in [0.2, 0.25) is 0 Å². The second-order valence-electron chi connectivity index (χ2n) is 7.06. The molecular formula is C21H18BrNO3. The number of benzene rings is 2. The lowest BCUT2D eigenvalue weighted by atomic mass is 9.76. The van der Waals surface area contributed by atoms with E-state index in [2.05, 4.69) is 39.5 Å². The molecule has 132 valence electrons. The molecule has 5 rings (SSSR count). The van der Waals surface area contributed by atoms with E-state index >= 15 is 0 Å². The van der Waals surface area contributed by atoms with Crippen molar-refractivity contribution < 1.29 is 14.3 Å². The predicted octanol–water partition coefficient (Wildman–Crippen LogP) is 5.21. The number of fused-ring (bicyclic) bond motifs is 4. The number of hydrogen-bond donors (Lipinski definition) is 1. The fourth-order valence-corrected chi connectivity index (χ4v) is 4.86. The predicted molar refractivity (Wildman–Crippen MR) is 103 cm³/mol. The molecule has 0 spiro atoms. The van der Waals surface area contributed by atoms with Crippen LogP contribution in [0, 0.1) is 5.92 Å². The van der Waals surface area contributed by atoms with Crippen molar-refractivity contribution in [3.05, 3.63) is 63.6 Å². The number of hydrogen-bond acceptors (Lipinski definition) is 4. The number of Topliss-reactive ketones (excluding diaryl/α,β-unsaturated/α-hetero) is 1. The molecular weight excluding hydrogens is 394 g/mol. The molecule has 0 fully saturated rings. The Kier molecular flexibility index (Phi) is 3.60. The summed E-state index contributed by atoms with van der Waals surface area (Å²) in [7, 11) is 0. The highest BCUT2D eigenvalue weighted by molar-refractivity contribution is 9.10. The molecule has 4 nitrogen and oxygen atoms in total. The molecule has 2 aromatic carbocycles. The number of anilines is 1. The number of carbonyl (C=O) groups is 1. The van der Waals surface area contributed by atoms with Gasteiger partial charge in [0.25, 0.3) is 0 Å². The van der Waals surface area contributed by atoms with Gasteiger partial charge in [0, 0.05) is 21.6 Å². The van der Waals surface area contributed by atoms with Gasteiger partial charge in [-0.1, -0.05) is 28.1 Å². The molecule has 2 heterocycles. The van der Waals surface area contributed by atoms with E-state index in [1.807, 2.05) is 24.3 Å². The van der Waals surface area contributed by atoms with Crippen LogP contribution in [-0.2, 0) is 0 Å². The fourth-order valence-electron chi connectivity index (χ4n) is 4.29. The third-order valence-electron chi connectivity index (χ3n) is 5.60. The van der Waals surface area contributed by atoms with Crippen molar-refractivity contribution >= 4 is 27.4 Å². The molecule has 2 aliphatic heterocycles. The third kappa shape index (κ3) is 2.37. The van der Waals surface area contributed by atoms with Crippen LogP contribution >= 0.6 is 15.9 Å². The Labute approximate surface area is 160 Å². The number of rotatable bonds is 2. The lowest BCUT2D eigenvalue weighted by Crippen LogP contribution is -2.29. The lowest BCUT2D eigenvalue weighted by Gasteiger charge is -2.38. The Balaban J connectivity index is 1.59. The maximum absolute atomic E-state index is 11.8. The normalized spacial score (nSPS) is 24.8. The van der Waals surface area contributed by atoms with Gasteiger partial charge in [0.1, 0.15) is 0 Å². The van der Waals surface area contributed by atoms with Gasteiger partial charge < -0.3 is 14.8 Å². The molecule has 0 radical (unpaired) electrons. The molecule has 3 atom stereocenters. The average Bonchev–Trinajstić information content (AvgIpc) is 3.29. The van der Waals surface area contributed by atoms with E-state index in [1.54, 1.807) is 6.92 Å². The van der Waals surface area contributed by atoms with Gasteiger partial charge in [0.05, 0.1) is 6.04 Å². The van der Waals surface area contributed by atoms with Crippen molar-refractivity contribution in [3.8, 4) is 11.5 Å². The van der Waals surface area contributed by atoms with Crippen LogP contribution in [0.1, 0.15) is 46.8 Å². The molecule has 0 aromatic heterocycles. The molecule has 0 saturated carbocycles. The minimum Gasteiger partial charge on any atom is -0.454 e. The van der Waals surface area contributed by atoms with E-state index in [0.29, 0.717) is 11.8 Å². The van der Waals surface area contributed by atoms with E-state index in [0.717, 1.165) is 33.6 Å². The van der Waals surface area contributed by atoms with Gasteiger partial charge in [-0.2, -0.15) is 0 Å². The number of carbonyl (C=O) groups excluding carboxylic acids is 1. The van der Waals surface area contributed by atoms with Crippen molar-refractivity contribution in [2.45, 2.75) is 25.3 Å². The third-order valence-corrected chi connectivity index (χ3v) is 6.28. The van der Waals surface area contributed by atoms with Crippen molar-refractivity contribution in [3.63, 3.8) is 0 Å². The van der Waals surface area contributed by atoms with Crippen LogP contribution in [0.25, 0.3) is 0 Å². The standard InChI is InChI=1S/C21H18BrNO3/c1-11(24)12-5-6-18-15(7-12)13-3-2-4-14(13)21(23-18)16-8-19-20(9-17(16)22)26-10-25-19/h2-3,5-9,13-14,21,23H,4,10H2,1H3/t13-,14-,21+/m1/s1. The summed E-state index contributed by atoms with van der Waals surface area (Å²) in [6.07, 6.45) is 5.54. The Morgan fingerprint density at radius 1 is 1.15 bits per heavy atom. The van der Waals surface area contributed by atoms with E-state index in [4.69, 9.17) is 9.47 Å². The number of allylic oxidation sites excluding steroid dienone is 2. The van der Waals surface area contributed by atoms with Crippen molar-refractivity contribution in [1.29, 1.82) is 0 Å². The highest BCUT2D eigenvalue weighted by Crippen LogP contribution is 2.52. The number of halogens is 1. The maximum Gasteiger partial charge on any atom is 0.231 e. The molecule has 5 heteroatoms. The van der Waals surface area contributed by atoms with Gasteiger partial charge in [0.2, 0.25) is 6.79 Å². The summed E-state index contributed by atoms with van der Waals surface area (Å²) in [5, 5.41) is 3.71. The quantitative estimate of drug-likeness (QED) is 0.544. The Morgan fingerprint density at radius 3 is 2.77 bits per heavy atom. The zero-order valence-corrected chi connectivity index (χ0v) is 15.9. The van der Waals surface area contributed by atoms with Crippen LogP contribution < -0.4 is 14.8 Å². The summed E-state index contributed by atoms with van der Waals surface area (Å²) < 4.78 is 12.1. The largest absolute Gasteiger partial charge is 0.454 e. The van der Waals surface area contributed by atoms with E-state index in [9.17, 15) is 4.79 Å². The highest BCUT2D eigenvalue weighted by atomic mass is 79.9. The van der Waals surface area contributed by atoms with Crippen LogP contribution in [0.5, 0.6) is 11.5 Å². The van der Waals surface area contributed by atoms with Crippen LogP contribution in [0.15, 0.2) is 47.0 Å². The van der Waals surface area contributed by atoms with E-state index in [-0.39, 0.29) is 18.6 Å². The molecule has 0 amide bonds. The molecule has 1 N–H and O–H groups in total. The van der Waals surface area contributed by atoms with Crippen LogP contribution in [0.3, 0.4) is 0 Å². The topological polar surface area (TPSA) is 47.6 Å². The first-order valence-corrected chi connectivity index (χ1v) is 9.58. The SMILES string of the molecule is CC(=O)c1ccc2c(c1)[C@@H]1C=CC[C@H]1[C@@H](c1cc3c(cc1Br)OCO3)N2. The molecule has 0 saturated heterocycles. The summed E-state index contributed by atoms with van der Waals surface area (Å²) >= 11 is 3.71. The summed E-state index contributed by atoms with van der Waals surface area (Å²) in [6.45, 7) is 1.89. The first-order chi connectivity index (χ1) is 12.6. The van der Waals surface area contributed by atoms with Crippen molar-refractivity contribution in [2.75, 3.05) is 12.1 Å². The fraction of sp³-hybridized carbons (Fsp3) is 0.286. The van der Waals surface area contributed by atoms with E-state index in [1.165, 1.54) is 11.1 Å². The summed E-state index contributed by atoms with van der Waals surface area (Å²) in [5.41, 5.74) is 4.25. The summed E-state index contributed by atoms with van der Waals surface area (Å²) in [5.74, 6) is 2.40. The zero-order valence-electron chi connectivity index (χ0n) is 14.3. The molecule has 2 aromatic rings. The molecule has 3 aliphatic rings. The van der Waals surface area contributed by atoms with Gasteiger partial charge in [-0.3, -0.25) is 4.79 Å². The number of ketones is 1. The average molecular weight is 412 g/mol. The van der Waals surface area contributed by atoms with Gasteiger partial charge in [0.15, 0.2) is 17.3 Å². The minimum atomic E-state index is 0.104. The van der Waals surface area contributed by atoms with Gasteiger partial charge in [-0.15, -0.1) is 0 Å². The van der Waals surface area contributed by atoms with Crippen LogP contribution in [0.4, 0.5) is 5.69 Å². The highest BCUT2D eigenvalue weighted by Gasteiger charge is 2.39. The summed E-state index contributed by atoms with van der Waals surface area (Å²) in [6, 6.07) is 10.2. The van der Waals surface area contributed by atoms with E-state index < -0.39 is 0 Å². The number of ether oxygens (including phenoxy) is 2.